The molecule has 0 bridgehead atoms. The topological polar surface area (TPSA) is 37.8 Å². The van der Waals surface area contributed by atoms with E-state index in [9.17, 15) is 0 Å². The fourth-order valence-corrected chi connectivity index (χ4v) is 2.50. The zero-order valence-electron chi connectivity index (χ0n) is 9.07. The minimum absolute atomic E-state index is 0.227. The molecule has 0 saturated carbocycles. The van der Waals surface area contributed by atoms with Gasteiger partial charge in [0, 0.05) is 4.47 Å². The monoisotopic (exact) mass is 297 g/mol. The van der Waals surface area contributed by atoms with E-state index in [4.69, 9.17) is 0 Å². The van der Waals surface area contributed by atoms with Crippen LogP contribution in [-0.4, -0.2) is 10.2 Å². The lowest BCUT2D eigenvalue weighted by molar-refractivity contribution is 0.871. The number of hydrogen-bond donors (Lipinski definition) is 1. The first-order chi connectivity index (χ1) is 7.65. The average Bonchev–Trinajstić information content (AvgIpc) is 2.64. The van der Waals surface area contributed by atoms with Crippen molar-refractivity contribution in [3.63, 3.8) is 0 Å². The van der Waals surface area contributed by atoms with Gasteiger partial charge in [-0.3, -0.25) is 0 Å². The quantitative estimate of drug-likeness (QED) is 0.937. The third-order valence-electron chi connectivity index (χ3n) is 2.21. The van der Waals surface area contributed by atoms with E-state index in [1.54, 1.807) is 11.3 Å². The van der Waals surface area contributed by atoms with Crippen molar-refractivity contribution in [2.75, 3.05) is 5.32 Å². The lowest BCUT2D eigenvalue weighted by atomic mass is 10.1. The van der Waals surface area contributed by atoms with Crippen LogP contribution in [0.3, 0.4) is 0 Å². The minimum atomic E-state index is 0.227. The molecule has 2 aromatic rings. The maximum absolute atomic E-state index is 4.05. The first kappa shape index (κ1) is 11.5. The second-order valence-corrected chi connectivity index (χ2v) is 5.64. The number of nitrogens with one attached hydrogen (secondary N) is 1. The smallest absolute Gasteiger partial charge is 0.206 e. The Morgan fingerprint density at radius 1 is 1.38 bits per heavy atom. The Kier molecular flexibility index (Phi) is 3.56. The first-order valence-electron chi connectivity index (χ1n) is 4.97. The molecule has 2 rings (SSSR count). The van der Waals surface area contributed by atoms with Gasteiger partial charge in [-0.25, -0.2) is 0 Å². The minimum Gasteiger partial charge on any atom is -0.354 e. The van der Waals surface area contributed by atoms with Crippen LogP contribution in [0.25, 0.3) is 0 Å². The molecule has 0 radical (unpaired) electrons. The van der Waals surface area contributed by atoms with Crippen LogP contribution in [0.2, 0.25) is 0 Å². The lowest BCUT2D eigenvalue weighted by Gasteiger charge is -2.12. The van der Waals surface area contributed by atoms with Gasteiger partial charge in [-0.15, -0.1) is 10.2 Å². The van der Waals surface area contributed by atoms with Crippen molar-refractivity contribution in [1.29, 1.82) is 0 Å². The van der Waals surface area contributed by atoms with Crippen molar-refractivity contribution in [2.45, 2.75) is 19.9 Å². The number of aromatic nitrogens is 2. The molecule has 5 heteroatoms. The molecule has 0 saturated heterocycles. The van der Waals surface area contributed by atoms with E-state index in [0.29, 0.717) is 0 Å². The molecule has 1 heterocycles. The van der Waals surface area contributed by atoms with Gasteiger partial charge in [-0.2, -0.15) is 0 Å². The van der Waals surface area contributed by atoms with E-state index in [1.165, 1.54) is 5.56 Å². The van der Waals surface area contributed by atoms with E-state index >= 15 is 0 Å². The second kappa shape index (κ2) is 4.93. The van der Waals surface area contributed by atoms with Crippen LogP contribution < -0.4 is 5.32 Å². The number of benzene rings is 1. The van der Waals surface area contributed by atoms with E-state index in [2.05, 4.69) is 50.5 Å². The number of anilines is 1. The molecule has 16 heavy (non-hydrogen) atoms. The zero-order valence-corrected chi connectivity index (χ0v) is 11.5. The highest BCUT2D eigenvalue weighted by Gasteiger charge is 2.08. The summed E-state index contributed by atoms with van der Waals surface area (Å²) in [6, 6.07) is 8.47. The van der Waals surface area contributed by atoms with Gasteiger partial charge in [0.05, 0.1) is 6.04 Å². The summed E-state index contributed by atoms with van der Waals surface area (Å²) in [4.78, 5) is 0. The highest BCUT2D eigenvalue weighted by Crippen LogP contribution is 2.23. The van der Waals surface area contributed by atoms with Crippen LogP contribution in [0.5, 0.6) is 0 Å². The number of hydrogen-bond acceptors (Lipinski definition) is 4. The molecule has 0 spiro atoms. The van der Waals surface area contributed by atoms with Gasteiger partial charge in [0.2, 0.25) is 5.13 Å². The van der Waals surface area contributed by atoms with Crippen LogP contribution in [0, 0.1) is 6.92 Å². The molecule has 0 fully saturated rings. The molecular weight excluding hydrogens is 286 g/mol. The molecule has 1 aromatic carbocycles. The van der Waals surface area contributed by atoms with Gasteiger partial charge in [-0.05, 0) is 31.5 Å². The first-order valence-corrected chi connectivity index (χ1v) is 6.58. The molecule has 1 aromatic heterocycles. The van der Waals surface area contributed by atoms with Gasteiger partial charge in [0.1, 0.15) is 5.01 Å². The predicted octanol–water partition coefficient (Wildman–Crippen LogP) is 3.78. The molecule has 1 unspecified atom stereocenters. The molecule has 3 nitrogen and oxygen atoms in total. The Labute approximate surface area is 107 Å². The van der Waals surface area contributed by atoms with Crippen LogP contribution in [0.1, 0.15) is 23.5 Å². The Morgan fingerprint density at radius 3 is 2.81 bits per heavy atom. The molecule has 0 aliphatic heterocycles. The molecule has 0 aliphatic rings. The van der Waals surface area contributed by atoms with Gasteiger partial charge in [0.25, 0.3) is 0 Å². The van der Waals surface area contributed by atoms with Crippen molar-refractivity contribution >= 4 is 32.4 Å². The molecule has 84 valence electrons. The van der Waals surface area contributed by atoms with E-state index < -0.39 is 0 Å². The van der Waals surface area contributed by atoms with Gasteiger partial charge < -0.3 is 5.32 Å². The van der Waals surface area contributed by atoms with Crippen molar-refractivity contribution in [1.82, 2.24) is 10.2 Å². The number of halogens is 1. The highest BCUT2D eigenvalue weighted by molar-refractivity contribution is 9.10. The SMILES string of the molecule is Cc1nnc(NC(C)c2cccc(Br)c2)s1. The Bertz CT molecular complexity index is 484. The maximum Gasteiger partial charge on any atom is 0.206 e. The third-order valence-corrected chi connectivity index (χ3v) is 3.48. The summed E-state index contributed by atoms with van der Waals surface area (Å²) in [7, 11) is 0. The summed E-state index contributed by atoms with van der Waals surface area (Å²) in [6.07, 6.45) is 0. The van der Waals surface area contributed by atoms with E-state index in [-0.39, 0.29) is 6.04 Å². The number of nitrogens with zero attached hydrogens (tertiary/aromatic N) is 2. The zero-order chi connectivity index (χ0) is 11.5. The summed E-state index contributed by atoms with van der Waals surface area (Å²) in [5.41, 5.74) is 1.22. The summed E-state index contributed by atoms with van der Waals surface area (Å²) in [5, 5.41) is 13.2. The van der Waals surface area contributed by atoms with Crippen LogP contribution >= 0.6 is 27.3 Å². The van der Waals surface area contributed by atoms with Crippen LogP contribution in [0.15, 0.2) is 28.7 Å². The summed E-state index contributed by atoms with van der Waals surface area (Å²) in [6.45, 7) is 4.06. The summed E-state index contributed by atoms with van der Waals surface area (Å²) in [5.74, 6) is 0. The molecular formula is C11H12BrN3S. The molecule has 1 N–H and O–H groups in total. The summed E-state index contributed by atoms with van der Waals surface area (Å²) >= 11 is 5.04. The predicted molar refractivity (Wildman–Crippen MR) is 70.8 cm³/mol. The molecule has 0 aliphatic carbocycles. The summed E-state index contributed by atoms with van der Waals surface area (Å²) < 4.78 is 1.09. The normalized spacial score (nSPS) is 12.4. The fourth-order valence-electron chi connectivity index (χ4n) is 1.40. The third kappa shape index (κ3) is 2.80. The van der Waals surface area contributed by atoms with E-state index in [1.807, 2.05) is 19.1 Å². The number of rotatable bonds is 3. The van der Waals surface area contributed by atoms with Crippen LogP contribution in [0.4, 0.5) is 5.13 Å². The van der Waals surface area contributed by atoms with Gasteiger partial charge >= 0.3 is 0 Å². The Hall–Kier alpha value is -0.940. The highest BCUT2D eigenvalue weighted by atomic mass is 79.9. The van der Waals surface area contributed by atoms with Crippen molar-refractivity contribution in [3.05, 3.63) is 39.3 Å². The Morgan fingerprint density at radius 2 is 2.19 bits per heavy atom. The van der Waals surface area contributed by atoms with Gasteiger partial charge in [-0.1, -0.05) is 39.4 Å². The number of aryl methyl sites for hydroxylation is 1. The van der Waals surface area contributed by atoms with Crippen molar-refractivity contribution in [3.8, 4) is 0 Å². The van der Waals surface area contributed by atoms with Gasteiger partial charge in [0.15, 0.2) is 0 Å². The van der Waals surface area contributed by atoms with Crippen molar-refractivity contribution < 1.29 is 0 Å². The second-order valence-electron chi connectivity index (χ2n) is 3.55. The fraction of sp³-hybridized carbons (Fsp3) is 0.273. The van der Waals surface area contributed by atoms with E-state index in [0.717, 1.165) is 14.6 Å². The lowest BCUT2D eigenvalue weighted by Crippen LogP contribution is -2.06. The van der Waals surface area contributed by atoms with Crippen molar-refractivity contribution in [2.24, 2.45) is 0 Å². The molecule has 1 atom stereocenters. The van der Waals surface area contributed by atoms with Crippen LogP contribution in [-0.2, 0) is 0 Å². The average molecular weight is 298 g/mol. The largest absolute Gasteiger partial charge is 0.354 e. The standard InChI is InChI=1S/C11H12BrN3S/c1-7(9-4-3-5-10(12)6-9)13-11-15-14-8(2)16-11/h3-7H,1-2H3,(H,13,15). The Balaban J connectivity index is 2.11. The molecule has 0 amide bonds. The maximum atomic E-state index is 4.05.